The van der Waals surface area contributed by atoms with Gasteiger partial charge in [0, 0.05) is 30.2 Å². The summed E-state index contributed by atoms with van der Waals surface area (Å²) >= 11 is 0. The minimum absolute atomic E-state index is 0.114. The van der Waals surface area contributed by atoms with E-state index in [9.17, 15) is 22.8 Å². The molecule has 2 rings (SSSR count). The Bertz CT molecular complexity index is 971. The number of amides is 2. The fourth-order valence-electron chi connectivity index (χ4n) is 3.05. The number of nitrogens with zero attached hydrogens (tertiary/aromatic N) is 1. The molecule has 2 atom stereocenters. The molecule has 1 aliphatic heterocycles. The number of ether oxygens (including phenoxy) is 3. The SMILES string of the molecule is CC(OC(=O)[C@H](Cc1cccc(S(=O)(=O)Cl)c1)NC(=O)OC(C)(C)C)C(=O)N1CCOCC1. The van der Waals surface area contributed by atoms with E-state index in [0.717, 1.165) is 0 Å². The van der Waals surface area contributed by atoms with Crippen LogP contribution in [0, 0.1) is 0 Å². The average Bonchev–Trinajstić information content (AvgIpc) is 2.71. The second-order valence-corrected chi connectivity index (χ2v) is 11.1. The van der Waals surface area contributed by atoms with Crippen LogP contribution in [0.2, 0.25) is 0 Å². The predicted molar refractivity (Wildman–Crippen MR) is 119 cm³/mol. The zero-order valence-corrected chi connectivity index (χ0v) is 20.6. The largest absolute Gasteiger partial charge is 0.451 e. The Morgan fingerprint density at radius 3 is 2.42 bits per heavy atom. The van der Waals surface area contributed by atoms with Crippen molar-refractivity contribution in [3.05, 3.63) is 29.8 Å². The Labute approximate surface area is 197 Å². The summed E-state index contributed by atoms with van der Waals surface area (Å²) in [5, 5.41) is 2.44. The molecule has 1 aromatic rings. The number of hydrogen-bond acceptors (Lipinski definition) is 8. The van der Waals surface area contributed by atoms with Crippen LogP contribution in [0.5, 0.6) is 0 Å². The zero-order valence-electron chi connectivity index (χ0n) is 19.0. The highest BCUT2D eigenvalue weighted by molar-refractivity contribution is 8.13. The van der Waals surface area contributed by atoms with Crippen LogP contribution in [0.1, 0.15) is 33.3 Å². The molecule has 1 heterocycles. The van der Waals surface area contributed by atoms with Gasteiger partial charge in [0.25, 0.3) is 15.0 Å². The highest BCUT2D eigenvalue weighted by Gasteiger charge is 2.31. The van der Waals surface area contributed by atoms with Gasteiger partial charge in [0.05, 0.1) is 18.1 Å². The third-order valence-corrected chi connectivity index (χ3v) is 5.91. The van der Waals surface area contributed by atoms with E-state index < -0.39 is 38.9 Å². The number of hydrogen-bond donors (Lipinski definition) is 1. The second kappa shape index (κ2) is 11.2. The first-order valence-electron chi connectivity index (χ1n) is 10.4. The predicted octanol–water partition coefficient (Wildman–Crippen LogP) is 1.84. The minimum atomic E-state index is -3.99. The third kappa shape index (κ3) is 8.82. The van der Waals surface area contributed by atoms with Crippen LogP contribution in [0.15, 0.2) is 29.2 Å². The van der Waals surface area contributed by atoms with E-state index in [2.05, 4.69) is 5.32 Å². The summed E-state index contributed by atoms with van der Waals surface area (Å²) in [7, 11) is 1.42. The van der Waals surface area contributed by atoms with Gasteiger partial charge in [-0.2, -0.15) is 0 Å². The number of carbonyl (C=O) groups excluding carboxylic acids is 3. The smallest absolute Gasteiger partial charge is 0.408 e. The number of halogens is 1. The van der Waals surface area contributed by atoms with Crippen LogP contribution in [0.3, 0.4) is 0 Å². The van der Waals surface area contributed by atoms with Gasteiger partial charge in [-0.05, 0) is 45.4 Å². The van der Waals surface area contributed by atoms with Gasteiger partial charge in [-0.1, -0.05) is 12.1 Å². The maximum absolute atomic E-state index is 12.9. The van der Waals surface area contributed by atoms with Gasteiger partial charge in [0.15, 0.2) is 6.10 Å². The van der Waals surface area contributed by atoms with Crippen molar-refractivity contribution in [2.24, 2.45) is 0 Å². The van der Waals surface area contributed by atoms with Crippen molar-refractivity contribution in [3.63, 3.8) is 0 Å². The highest BCUT2D eigenvalue weighted by Crippen LogP contribution is 2.18. The molecule has 0 radical (unpaired) electrons. The zero-order chi connectivity index (χ0) is 24.8. The van der Waals surface area contributed by atoms with Crippen LogP contribution in [-0.4, -0.2) is 75.3 Å². The van der Waals surface area contributed by atoms with Crippen molar-refractivity contribution < 1.29 is 37.0 Å². The summed E-state index contributed by atoms with van der Waals surface area (Å²) in [6.07, 6.45) is -2.07. The molecule has 1 fully saturated rings. The molecule has 0 spiro atoms. The van der Waals surface area contributed by atoms with Crippen molar-refractivity contribution in [1.29, 1.82) is 0 Å². The van der Waals surface area contributed by atoms with Gasteiger partial charge < -0.3 is 24.4 Å². The standard InChI is InChI=1S/C21H29ClN2O8S/c1-14(18(25)24-8-10-30-11-9-24)31-19(26)17(23-20(27)32-21(2,3)4)13-15-6-5-7-16(12-15)33(22,28)29/h5-7,12,14,17H,8-11,13H2,1-4H3,(H,23,27)/t14?,17-/m0/s1. The monoisotopic (exact) mass is 504 g/mol. The number of carbonyl (C=O) groups is 3. The van der Waals surface area contributed by atoms with Gasteiger partial charge in [-0.25, -0.2) is 18.0 Å². The van der Waals surface area contributed by atoms with E-state index in [1.807, 2.05) is 0 Å². The fourth-order valence-corrected chi connectivity index (χ4v) is 3.87. The summed E-state index contributed by atoms with van der Waals surface area (Å²) < 4.78 is 39.1. The second-order valence-electron chi connectivity index (χ2n) is 8.50. The first kappa shape index (κ1) is 26.9. The lowest BCUT2D eigenvalue weighted by Gasteiger charge is -2.29. The maximum Gasteiger partial charge on any atom is 0.408 e. The lowest BCUT2D eigenvalue weighted by molar-refractivity contribution is -0.162. The summed E-state index contributed by atoms with van der Waals surface area (Å²) in [5.74, 6) is -1.24. The van der Waals surface area contributed by atoms with Gasteiger partial charge >= 0.3 is 12.1 Å². The number of rotatable bonds is 7. The summed E-state index contributed by atoms with van der Waals surface area (Å²) in [5.41, 5.74) is -0.410. The first-order chi connectivity index (χ1) is 15.3. The van der Waals surface area contributed by atoms with Crippen molar-refractivity contribution in [3.8, 4) is 0 Å². The van der Waals surface area contributed by atoms with Crippen molar-refractivity contribution in [2.75, 3.05) is 26.3 Å². The van der Waals surface area contributed by atoms with Gasteiger partial charge in [0.1, 0.15) is 11.6 Å². The Kier molecular flexibility index (Phi) is 9.10. The Hall–Kier alpha value is -2.37. The topological polar surface area (TPSA) is 128 Å². The molecule has 1 saturated heterocycles. The molecule has 33 heavy (non-hydrogen) atoms. The molecule has 1 N–H and O–H groups in total. The molecule has 0 aromatic heterocycles. The van der Waals surface area contributed by atoms with E-state index in [-0.39, 0.29) is 17.2 Å². The average molecular weight is 505 g/mol. The van der Waals surface area contributed by atoms with Crippen LogP contribution >= 0.6 is 10.7 Å². The summed E-state index contributed by atoms with van der Waals surface area (Å²) in [6.45, 7) is 8.01. The van der Waals surface area contributed by atoms with E-state index >= 15 is 0 Å². The molecular formula is C21H29ClN2O8S. The van der Waals surface area contributed by atoms with Crippen LogP contribution in [-0.2, 0) is 39.3 Å². The molecule has 10 nitrogen and oxygen atoms in total. The van der Waals surface area contributed by atoms with Crippen LogP contribution in [0.25, 0.3) is 0 Å². The lowest BCUT2D eigenvalue weighted by atomic mass is 10.1. The Balaban J connectivity index is 2.18. The minimum Gasteiger partial charge on any atom is -0.451 e. The molecule has 184 valence electrons. The molecule has 12 heteroatoms. The third-order valence-electron chi connectivity index (χ3n) is 4.56. The maximum atomic E-state index is 12.9. The number of morpholine rings is 1. The van der Waals surface area contributed by atoms with E-state index in [4.69, 9.17) is 24.9 Å². The lowest BCUT2D eigenvalue weighted by Crippen LogP contribution is -2.49. The Morgan fingerprint density at radius 1 is 1.21 bits per heavy atom. The first-order valence-corrected chi connectivity index (χ1v) is 12.7. The molecule has 1 unspecified atom stereocenters. The quantitative estimate of drug-likeness (QED) is 0.440. The number of benzene rings is 1. The number of alkyl carbamates (subject to hydrolysis) is 1. The molecular weight excluding hydrogens is 476 g/mol. The molecule has 1 aliphatic rings. The molecule has 2 amide bonds. The van der Waals surface area contributed by atoms with E-state index in [0.29, 0.717) is 31.9 Å². The molecule has 0 saturated carbocycles. The van der Waals surface area contributed by atoms with Gasteiger partial charge in [-0.3, -0.25) is 4.79 Å². The van der Waals surface area contributed by atoms with Crippen LogP contribution < -0.4 is 5.32 Å². The van der Waals surface area contributed by atoms with Crippen molar-refractivity contribution >= 4 is 37.7 Å². The van der Waals surface area contributed by atoms with Crippen molar-refractivity contribution in [1.82, 2.24) is 10.2 Å². The van der Waals surface area contributed by atoms with Gasteiger partial charge in [-0.15, -0.1) is 0 Å². The molecule has 0 aliphatic carbocycles. The molecule has 0 bridgehead atoms. The molecule has 1 aromatic carbocycles. The fraction of sp³-hybridized carbons (Fsp3) is 0.571. The summed E-state index contributed by atoms with van der Waals surface area (Å²) in [6, 6.07) is 4.40. The van der Waals surface area contributed by atoms with E-state index in [1.165, 1.54) is 30.0 Å². The van der Waals surface area contributed by atoms with Crippen molar-refractivity contribution in [2.45, 2.75) is 56.8 Å². The van der Waals surface area contributed by atoms with Crippen LogP contribution in [0.4, 0.5) is 4.79 Å². The van der Waals surface area contributed by atoms with E-state index in [1.54, 1.807) is 26.8 Å². The Morgan fingerprint density at radius 2 is 1.85 bits per heavy atom. The number of esters is 1. The summed E-state index contributed by atoms with van der Waals surface area (Å²) in [4.78, 5) is 39.2. The van der Waals surface area contributed by atoms with Gasteiger partial charge in [0.2, 0.25) is 0 Å². The highest BCUT2D eigenvalue weighted by atomic mass is 35.7. The normalized spacial score (nSPS) is 16.5. The number of nitrogens with one attached hydrogen (secondary N) is 1.